The van der Waals surface area contributed by atoms with Gasteiger partial charge in [-0.2, -0.15) is 0 Å². The van der Waals surface area contributed by atoms with Gasteiger partial charge in [0.15, 0.2) is 0 Å². The molecule has 2 aliphatic heterocycles. The van der Waals surface area contributed by atoms with E-state index in [0.717, 1.165) is 33.2 Å². The van der Waals surface area contributed by atoms with Gasteiger partial charge in [-0.1, -0.05) is 0 Å². The van der Waals surface area contributed by atoms with Crippen LogP contribution in [0.4, 0.5) is 0 Å². The van der Waals surface area contributed by atoms with E-state index in [1.54, 1.807) is 6.08 Å². The molecule has 0 atom stereocenters. The molecule has 9 heteroatoms. The standard InChI is InChI=1S/C13H10O5S2Se2/c1-17-11(15)9-10(12(16)18-2)20-8(19-9)5-7(6-14)13-21-3-4-22-13/h3-6H,1-2H3. The van der Waals surface area contributed by atoms with Crippen molar-refractivity contribution in [3.05, 3.63) is 39.0 Å². The molecule has 22 heavy (non-hydrogen) atoms. The van der Waals surface area contributed by atoms with Crippen LogP contribution in [0, 0.1) is 0 Å². The maximum atomic E-state index is 11.8. The van der Waals surface area contributed by atoms with Crippen LogP contribution < -0.4 is 0 Å². The molecule has 0 amide bonds. The second-order valence-electron chi connectivity index (χ2n) is 3.68. The average molecular weight is 468 g/mol. The van der Waals surface area contributed by atoms with Crippen molar-refractivity contribution in [2.45, 2.75) is 0 Å². The summed E-state index contributed by atoms with van der Waals surface area (Å²) < 4.78 is 11.2. The second kappa shape index (κ2) is 8.24. The minimum atomic E-state index is -0.586. The third-order valence-corrected chi connectivity index (χ3v) is 10.8. The molecule has 2 heterocycles. The van der Waals surface area contributed by atoms with Gasteiger partial charge in [0.25, 0.3) is 0 Å². The number of hydrogen-bond donors (Lipinski definition) is 0. The first-order chi connectivity index (χ1) is 10.6. The van der Waals surface area contributed by atoms with Crippen LogP contribution in [0.3, 0.4) is 0 Å². The Balaban J connectivity index is 2.29. The molecule has 0 radical (unpaired) electrons. The molecule has 5 nitrogen and oxygen atoms in total. The first kappa shape index (κ1) is 17.7. The van der Waals surface area contributed by atoms with Gasteiger partial charge in [-0.05, 0) is 0 Å². The third kappa shape index (κ3) is 3.98. The molecule has 0 aromatic carbocycles. The summed E-state index contributed by atoms with van der Waals surface area (Å²) in [6.45, 7) is 0. The molecule has 116 valence electrons. The third-order valence-electron chi connectivity index (χ3n) is 2.39. The van der Waals surface area contributed by atoms with E-state index in [-0.39, 0.29) is 39.7 Å². The van der Waals surface area contributed by atoms with Crippen LogP contribution in [0.2, 0.25) is 0 Å². The molecule has 0 fully saturated rings. The Bertz CT molecular complexity index is 609. The fourth-order valence-corrected chi connectivity index (χ4v) is 8.73. The Kier molecular flexibility index (Phi) is 6.62. The normalized spacial score (nSPS) is 16.8. The summed E-state index contributed by atoms with van der Waals surface area (Å²) in [4.78, 5) is 39.4. The Morgan fingerprint density at radius 3 is 1.95 bits per heavy atom. The van der Waals surface area contributed by atoms with E-state index in [0.29, 0.717) is 9.81 Å². The van der Waals surface area contributed by atoms with Gasteiger partial charge in [0.1, 0.15) is 0 Å². The minimum absolute atomic E-state index is 0.196. The fourth-order valence-electron chi connectivity index (χ4n) is 1.44. The van der Waals surface area contributed by atoms with Crippen molar-refractivity contribution in [3.63, 3.8) is 0 Å². The molecule has 0 unspecified atom stereocenters. The van der Waals surface area contributed by atoms with Crippen LogP contribution in [0.5, 0.6) is 0 Å². The van der Waals surface area contributed by atoms with Gasteiger partial charge < -0.3 is 0 Å². The van der Waals surface area contributed by atoms with Gasteiger partial charge in [-0.25, -0.2) is 0 Å². The van der Waals surface area contributed by atoms with Gasteiger partial charge in [0.05, 0.1) is 0 Å². The van der Waals surface area contributed by atoms with E-state index in [2.05, 4.69) is 19.4 Å². The fraction of sp³-hybridized carbons (Fsp3) is 0.154. The Hall–Kier alpha value is -0.691. The number of aldehydes is 1. The van der Waals surface area contributed by atoms with Crippen LogP contribution in [-0.2, 0) is 23.9 Å². The van der Waals surface area contributed by atoms with Crippen LogP contribution >= 0.6 is 23.5 Å². The summed E-state index contributed by atoms with van der Waals surface area (Å²) in [5.41, 5.74) is 0.635. The molecular weight excluding hydrogens is 458 g/mol. The summed E-state index contributed by atoms with van der Waals surface area (Å²) >= 11 is 2.68. The number of ether oxygens (including phenoxy) is 2. The van der Waals surface area contributed by atoms with Crippen LogP contribution in [0.15, 0.2) is 39.0 Å². The predicted octanol–water partition coefficient (Wildman–Crippen LogP) is 1.17. The van der Waals surface area contributed by atoms with Crippen molar-refractivity contribution in [2.24, 2.45) is 0 Å². The molecule has 0 spiro atoms. The van der Waals surface area contributed by atoms with E-state index in [1.165, 1.54) is 14.2 Å². The summed E-state index contributed by atoms with van der Waals surface area (Å²) in [6, 6.07) is 0. The monoisotopic (exact) mass is 470 g/mol. The van der Waals surface area contributed by atoms with Gasteiger partial charge in [-0.3, -0.25) is 0 Å². The summed E-state index contributed by atoms with van der Waals surface area (Å²) in [5, 5.41) is 0. The van der Waals surface area contributed by atoms with E-state index >= 15 is 0 Å². The molecule has 0 aromatic heterocycles. The van der Waals surface area contributed by atoms with E-state index in [4.69, 9.17) is 0 Å². The van der Waals surface area contributed by atoms with Crippen LogP contribution in [-0.4, -0.2) is 62.4 Å². The number of carbonyl (C=O) groups is 3. The molecule has 0 N–H and O–H groups in total. The number of carbonyl (C=O) groups excluding carboxylic acids is 3. The molecule has 0 aromatic rings. The summed E-state index contributed by atoms with van der Waals surface area (Å²) in [6.07, 6.45) is 2.56. The molecule has 2 rings (SSSR count). The predicted molar refractivity (Wildman–Crippen MR) is 88.1 cm³/mol. The number of thioether (sulfide) groups is 2. The molecule has 2 aliphatic rings. The number of hydrogen-bond acceptors (Lipinski definition) is 7. The summed E-state index contributed by atoms with van der Waals surface area (Å²) in [5.74, 6) is -1.17. The van der Waals surface area contributed by atoms with Gasteiger partial charge in [0, 0.05) is 0 Å². The van der Waals surface area contributed by atoms with E-state index < -0.39 is 11.9 Å². The molecular formula is C13H10O5S2Se2. The average Bonchev–Trinajstić information content (AvgIpc) is 3.20. The van der Waals surface area contributed by atoms with E-state index in [1.807, 2.05) is 0 Å². The molecule has 0 saturated carbocycles. The Morgan fingerprint density at radius 1 is 1.05 bits per heavy atom. The van der Waals surface area contributed by atoms with Crippen molar-refractivity contribution in [1.82, 2.24) is 0 Å². The zero-order valence-corrected chi connectivity index (χ0v) is 16.5. The van der Waals surface area contributed by atoms with E-state index in [9.17, 15) is 14.4 Å². The van der Waals surface area contributed by atoms with Gasteiger partial charge in [-0.15, -0.1) is 0 Å². The first-order valence-corrected chi connectivity index (χ1v) is 11.1. The number of methoxy groups -OCH3 is 2. The van der Waals surface area contributed by atoms with Crippen LogP contribution in [0.25, 0.3) is 0 Å². The van der Waals surface area contributed by atoms with Gasteiger partial charge >= 0.3 is 149 Å². The van der Waals surface area contributed by atoms with Crippen molar-refractivity contribution >= 4 is 71.7 Å². The quantitative estimate of drug-likeness (QED) is 0.266. The zero-order chi connectivity index (χ0) is 16.1. The zero-order valence-electron chi connectivity index (χ0n) is 11.5. The van der Waals surface area contributed by atoms with Crippen molar-refractivity contribution in [3.8, 4) is 0 Å². The molecule has 0 bridgehead atoms. The topological polar surface area (TPSA) is 69.7 Å². The first-order valence-electron chi connectivity index (χ1n) is 5.76. The number of esters is 2. The Labute approximate surface area is 148 Å². The van der Waals surface area contributed by atoms with Crippen molar-refractivity contribution in [1.29, 1.82) is 0 Å². The number of rotatable bonds is 4. The maximum absolute atomic E-state index is 11.8. The van der Waals surface area contributed by atoms with Crippen molar-refractivity contribution in [2.75, 3.05) is 14.2 Å². The van der Waals surface area contributed by atoms with Gasteiger partial charge in [0.2, 0.25) is 0 Å². The molecule has 0 aliphatic carbocycles. The SMILES string of the molecule is COC(=O)C1=C(C(=O)OC)SC(=CC(C=O)=C2[Se]C=C[Se]2)S1. The number of allylic oxidation sites excluding steroid dienone is 2. The van der Waals surface area contributed by atoms with Crippen LogP contribution in [0.1, 0.15) is 0 Å². The molecule has 0 saturated heterocycles. The second-order valence-corrected chi connectivity index (χ2v) is 11.2. The Morgan fingerprint density at radius 2 is 1.55 bits per heavy atom. The summed E-state index contributed by atoms with van der Waals surface area (Å²) in [7, 11) is 2.51. The van der Waals surface area contributed by atoms with Crippen molar-refractivity contribution < 1.29 is 23.9 Å².